The lowest BCUT2D eigenvalue weighted by Crippen LogP contribution is -2.54. The van der Waals surface area contributed by atoms with Crippen molar-refractivity contribution >= 4 is 32.5 Å². The number of fused-ring (bicyclic) bond motifs is 1. The number of carbonyl (C=O) groups is 1. The first-order chi connectivity index (χ1) is 18.7. The molecular formula is C30H32N4O4S. The second-order valence-electron chi connectivity index (χ2n) is 10.1. The summed E-state index contributed by atoms with van der Waals surface area (Å²) in [5.74, 6) is 0.167. The number of pyridine rings is 1. The summed E-state index contributed by atoms with van der Waals surface area (Å²) in [6, 6.07) is 23.7. The zero-order valence-electron chi connectivity index (χ0n) is 22.3. The van der Waals surface area contributed by atoms with Crippen LogP contribution in [0.5, 0.6) is 5.75 Å². The number of nitrogens with zero attached hydrogens (tertiary/aromatic N) is 3. The molecule has 0 unspecified atom stereocenters. The van der Waals surface area contributed by atoms with E-state index >= 15 is 0 Å². The average Bonchev–Trinajstić information content (AvgIpc) is 2.96. The fourth-order valence-corrected chi connectivity index (χ4v) is 6.33. The molecule has 0 saturated carbocycles. The van der Waals surface area contributed by atoms with Crippen molar-refractivity contribution in [1.29, 1.82) is 0 Å². The van der Waals surface area contributed by atoms with Gasteiger partial charge in [0.25, 0.3) is 15.9 Å². The predicted molar refractivity (Wildman–Crippen MR) is 152 cm³/mol. The highest BCUT2D eigenvalue weighted by molar-refractivity contribution is 7.93. The van der Waals surface area contributed by atoms with E-state index < -0.39 is 10.0 Å². The van der Waals surface area contributed by atoms with Crippen molar-refractivity contribution in [3.63, 3.8) is 0 Å². The number of aromatic nitrogens is 1. The van der Waals surface area contributed by atoms with Crippen LogP contribution in [0.2, 0.25) is 0 Å². The molecule has 0 radical (unpaired) electrons. The topological polar surface area (TPSA) is 91.8 Å². The van der Waals surface area contributed by atoms with Crippen LogP contribution in [0, 0.1) is 0 Å². The standard InChI is InChI=1S/C30H32N4O4S/c1-30(2,23-11-5-4-6-12-23)34-19-17-33(18-20-34)29(35)25-15-14-24(21-26(25)38-3)32-39(36,37)27-13-7-9-22-10-8-16-31-28(22)27/h4-16,21,32H,17-20H2,1-3H3. The average molecular weight is 545 g/mol. The van der Waals surface area contributed by atoms with Crippen molar-refractivity contribution in [1.82, 2.24) is 14.8 Å². The van der Waals surface area contributed by atoms with Crippen LogP contribution in [0.4, 0.5) is 5.69 Å². The Morgan fingerprint density at radius 2 is 1.64 bits per heavy atom. The maximum absolute atomic E-state index is 13.5. The van der Waals surface area contributed by atoms with Crippen LogP contribution < -0.4 is 9.46 Å². The minimum absolute atomic E-state index is 0.0796. The lowest BCUT2D eigenvalue weighted by molar-refractivity contribution is 0.0390. The molecule has 8 nitrogen and oxygen atoms in total. The highest BCUT2D eigenvalue weighted by Gasteiger charge is 2.33. The molecule has 4 aromatic rings. The first-order valence-corrected chi connectivity index (χ1v) is 14.3. The van der Waals surface area contributed by atoms with Crippen molar-refractivity contribution in [3.8, 4) is 5.75 Å². The van der Waals surface area contributed by atoms with Crippen LogP contribution in [-0.4, -0.2) is 62.4 Å². The highest BCUT2D eigenvalue weighted by Crippen LogP contribution is 2.31. The number of piperazine rings is 1. The molecule has 0 atom stereocenters. The van der Waals surface area contributed by atoms with Gasteiger partial charge >= 0.3 is 0 Å². The SMILES string of the molecule is COc1cc(NS(=O)(=O)c2cccc3cccnc23)ccc1C(=O)N1CCN(C(C)(C)c2ccccc2)CC1. The fourth-order valence-electron chi connectivity index (χ4n) is 5.10. The second kappa shape index (κ2) is 10.7. The lowest BCUT2D eigenvalue weighted by Gasteiger charge is -2.44. The number of sulfonamides is 1. The Balaban J connectivity index is 1.31. The molecule has 0 aliphatic carbocycles. The number of amides is 1. The van der Waals surface area contributed by atoms with Gasteiger partial charge in [-0.15, -0.1) is 0 Å². The molecule has 1 N–H and O–H groups in total. The number of anilines is 1. The molecule has 0 spiro atoms. The van der Waals surface area contributed by atoms with E-state index in [-0.39, 0.29) is 16.3 Å². The lowest BCUT2D eigenvalue weighted by atomic mass is 9.91. The number of hydrogen-bond acceptors (Lipinski definition) is 6. The summed E-state index contributed by atoms with van der Waals surface area (Å²) in [5.41, 5.74) is 2.17. The van der Waals surface area contributed by atoms with Crippen molar-refractivity contribution in [2.75, 3.05) is 38.0 Å². The van der Waals surface area contributed by atoms with Crippen molar-refractivity contribution in [3.05, 3.63) is 96.2 Å². The van der Waals surface area contributed by atoms with Gasteiger partial charge in [0.15, 0.2) is 0 Å². The summed E-state index contributed by atoms with van der Waals surface area (Å²) < 4.78 is 34.6. The molecule has 1 aromatic heterocycles. The second-order valence-corrected chi connectivity index (χ2v) is 11.7. The third-order valence-corrected chi connectivity index (χ3v) is 8.82. The first-order valence-electron chi connectivity index (χ1n) is 12.9. The number of carbonyl (C=O) groups excluding carboxylic acids is 1. The number of nitrogens with one attached hydrogen (secondary N) is 1. The Labute approximate surface area is 229 Å². The van der Waals surface area contributed by atoms with E-state index in [2.05, 4.69) is 40.6 Å². The van der Waals surface area contributed by atoms with Crippen LogP contribution >= 0.6 is 0 Å². The molecule has 1 saturated heterocycles. The van der Waals surface area contributed by atoms with Gasteiger partial charge in [-0.2, -0.15) is 0 Å². The minimum Gasteiger partial charge on any atom is -0.496 e. The molecule has 3 aromatic carbocycles. The quantitative estimate of drug-likeness (QED) is 0.362. The van der Waals surface area contributed by atoms with E-state index in [9.17, 15) is 13.2 Å². The molecule has 5 rings (SSSR count). The van der Waals surface area contributed by atoms with Gasteiger partial charge in [-0.05, 0) is 43.7 Å². The number of para-hydroxylation sites is 1. The summed E-state index contributed by atoms with van der Waals surface area (Å²) in [6.45, 7) is 7.06. The van der Waals surface area contributed by atoms with Gasteiger partial charge in [0, 0.05) is 49.4 Å². The fraction of sp³-hybridized carbons (Fsp3) is 0.267. The van der Waals surface area contributed by atoms with Gasteiger partial charge in [-0.25, -0.2) is 8.42 Å². The molecular weight excluding hydrogens is 512 g/mol. The van der Waals surface area contributed by atoms with Gasteiger partial charge in [-0.3, -0.25) is 19.4 Å². The smallest absolute Gasteiger partial charge is 0.264 e. The Morgan fingerprint density at radius 1 is 0.923 bits per heavy atom. The largest absolute Gasteiger partial charge is 0.496 e. The maximum Gasteiger partial charge on any atom is 0.264 e. The van der Waals surface area contributed by atoms with Crippen LogP contribution in [0.25, 0.3) is 10.9 Å². The number of methoxy groups -OCH3 is 1. The summed E-state index contributed by atoms with van der Waals surface area (Å²) in [4.78, 5) is 22.0. The molecule has 202 valence electrons. The molecule has 9 heteroatoms. The monoisotopic (exact) mass is 544 g/mol. The summed E-state index contributed by atoms with van der Waals surface area (Å²) in [7, 11) is -2.46. The summed E-state index contributed by atoms with van der Waals surface area (Å²) in [5, 5.41) is 0.728. The van der Waals surface area contributed by atoms with Crippen molar-refractivity contribution in [2.24, 2.45) is 0 Å². The molecule has 0 bridgehead atoms. The molecule has 2 heterocycles. The Bertz CT molecular complexity index is 1590. The third kappa shape index (κ3) is 5.32. The van der Waals surface area contributed by atoms with Crippen molar-refractivity contribution < 1.29 is 17.9 Å². The van der Waals surface area contributed by atoms with E-state index in [1.165, 1.54) is 24.8 Å². The number of benzene rings is 3. The zero-order chi connectivity index (χ0) is 27.6. The number of rotatable bonds is 7. The van der Waals surface area contributed by atoms with E-state index in [4.69, 9.17) is 4.74 Å². The molecule has 1 fully saturated rings. The molecule has 1 aliphatic heterocycles. The normalized spacial score (nSPS) is 14.8. The van der Waals surface area contributed by atoms with Gasteiger partial charge < -0.3 is 9.64 Å². The van der Waals surface area contributed by atoms with E-state index in [0.29, 0.717) is 35.6 Å². The van der Waals surface area contributed by atoms with E-state index in [1.807, 2.05) is 35.2 Å². The van der Waals surface area contributed by atoms with Gasteiger partial charge in [-0.1, -0.05) is 48.5 Å². The van der Waals surface area contributed by atoms with E-state index in [0.717, 1.165) is 18.5 Å². The zero-order valence-corrected chi connectivity index (χ0v) is 23.1. The van der Waals surface area contributed by atoms with Gasteiger partial charge in [0.2, 0.25) is 0 Å². The summed E-state index contributed by atoms with van der Waals surface area (Å²) in [6.07, 6.45) is 1.56. The van der Waals surface area contributed by atoms with Gasteiger partial charge in [0.1, 0.15) is 10.6 Å². The first kappa shape index (κ1) is 26.6. The summed E-state index contributed by atoms with van der Waals surface area (Å²) >= 11 is 0. The number of hydrogen-bond donors (Lipinski definition) is 1. The third-order valence-electron chi connectivity index (χ3n) is 7.41. The Kier molecular flexibility index (Phi) is 7.29. The Morgan fingerprint density at radius 3 is 2.36 bits per heavy atom. The van der Waals surface area contributed by atoms with Crippen LogP contribution in [-0.2, 0) is 15.6 Å². The molecule has 1 aliphatic rings. The Hall–Kier alpha value is -3.95. The number of ether oxygens (including phenoxy) is 1. The van der Waals surface area contributed by atoms with Crippen LogP contribution in [0.1, 0.15) is 29.8 Å². The van der Waals surface area contributed by atoms with Gasteiger partial charge in [0.05, 0.1) is 23.9 Å². The minimum atomic E-state index is -3.93. The van der Waals surface area contributed by atoms with Crippen molar-refractivity contribution in [2.45, 2.75) is 24.3 Å². The predicted octanol–water partition coefficient (Wildman–Crippen LogP) is 4.74. The van der Waals surface area contributed by atoms with Crippen LogP contribution in [0.3, 0.4) is 0 Å². The van der Waals surface area contributed by atoms with Crippen LogP contribution in [0.15, 0.2) is 90.0 Å². The van der Waals surface area contributed by atoms with E-state index in [1.54, 1.807) is 30.5 Å². The molecule has 39 heavy (non-hydrogen) atoms. The maximum atomic E-state index is 13.5. The molecule has 1 amide bonds. The highest BCUT2D eigenvalue weighted by atomic mass is 32.2.